The Kier molecular flexibility index (Phi) is 6.51. The topological polar surface area (TPSA) is 32.5 Å². The molecule has 1 aromatic rings. The molecule has 1 saturated heterocycles. The van der Waals surface area contributed by atoms with Crippen LogP contribution in [0.15, 0.2) is 24.3 Å². The van der Waals surface area contributed by atoms with Crippen molar-refractivity contribution in [2.24, 2.45) is 5.73 Å². The van der Waals surface area contributed by atoms with Crippen molar-refractivity contribution >= 4 is 0 Å². The fraction of sp³-hybridized carbons (Fsp3) is 0.647. The van der Waals surface area contributed by atoms with Gasteiger partial charge in [0.2, 0.25) is 0 Å². The van der Waals surface area contributed by atoms with E-state index in [-0.39, 0.29) is 0 Å². The standard InChI is InChI=1S/C17H29N3/c1-16-6-4-7-17(14-16)15-20-11-5-10-19(12-13-20)9-3-2-8-18/h4,6-7,14H,2-3,5,8-13,15,18H2,1H3. The van der Waals surface area contributed by atoms with E-state index in [2.05, 4.69) is 41.0 Å². The second-order valence-electron chi connectivity index (χ2n) is 5.96. The average Bonchev–Trinajstić information content (AvgIpc) is 2.65. The maximum atomic E-state index is 5.57. The average molecular weight is 275 g/mol. The zero-order valence-electron chi connectivity index (χ0n) is 12.9. The highest BCUT2D eigenvalue weighted by molar-refractivity contribution is 5.22. The predicted molar refractivity (Wildman–Crippen MR) is 85.8 cm³/mol. The van der Waals surface area contributed by atoms with Gasteiger partial charge in [0.25, 0.3) is 0 Å². The van der Waals surface area contributed by atoms with Crippen LogP contribution in [-0.2, 0) is 6.54 Å². The maximum Gasteiger partial charge on any atom is 0.0234 e. The molecule has 0 aliphatic carbocycles. The summed E-state index contributed by atoms with van der Waals surface area (Å²) in [4.78, 5) is 5.20. The predicted octanol–water partition coefficient (Wildman–Crippen LogP) is 2.24. The van der Waals surface area contributed by atoms with Gasteiger partial charge in [0, 0.05) is 19.6 Å². The van der Waals surface area contributed by atoms with Crippen LogP contribution >= 0.6 is 0 Å². The van der Waals surface area contributed by atoms with Gasteiger partial charge in [0.1, 0.15) is 0 Å². The van der Waals surface area contributed by atoms with Gasteiger partial charge in [-0.15, -0.1) is 0 Å². The van der Waals surface area contributed by atoms with Crippen molar-refractivity contribution in [3.8, 4) is 0 Å². The second-order valence-corrected chi connectivity index (χ2v) is 5.96. The van der Waals surface area contributed by atoms with Crippen LogP contribution in [0.2, 0.25) is 0 Å². The summed E-state index contributed by atoms with van der Waals surface area (Å²) >= 11 is 0. The van der Waals surface area contributed by atoms with Gasteiger partial charge in [-0.2, -0.15) is 0 Å². The van der Waals surface area contributed by atoms with Crippen LogP contribution in [0.1, 0.15) is 30.4 Å². The SMILES string of the molecule is Cc1cccc(CN2CCCN(CCCCN)CC2)c1. The molecule has 0 atom stereocenters. The highest BCUT2D eigenvalue weighted by Gasteiger charge is 2.14. The van der Waals surface area contributed by atoms with Crippen molar-refractivity contribution in [3.63, 3.8) is 0 Å². The highest BCUT2D eigenvalue weighted by Crippen LogP contribution is 2.11. The Morgan fingerprint density at radius 1 is 1.05 bits per heavy atom. The van der Waals surface area contributed by atoms with E-state index in [0.717, 1.165) is 19.5 Å². The normalized spacial score (nSPS) is 18.1. The summed E-state index contributed by atoms with van der Waals surface area (Å²) in [5.74, 6) is 0. The van der Waals surface area contributed by atoms with E-state index in [0.29, 0.717) is 0 Å². The number of rotatable bonds is 6. The smallest absolute Gasteiger partial charge is 0.0234 e. The lowest BCUT2D eigenvalue weighted by Crippen LogP contribution is -2.31. The molecule has 0 radical (unpaired) electrons. The van der Waals surface area contributed by atoms with Gasteiger partial charge in [-0.05, 0) is 57.9 Å². The van der Waals surface area contributed by atoms with Gasteiger partial charge in [0.15, 0.2) is 0 Å². The van der Waals surface area contributed by atoms with E-state index in [4.69, 9.17) is 5.73 Å². The third kappa shape index (κ3) is 5.23. The van der Waals surface area contributed by atoms with E-state index < -0.39 is 0 Å². The number of aryl methyl sites for hydroxylation is 1. The maximum absolute atomic E-state index is 5.57. The monoisotopic (exact) mass is 275 g/mol. The summed E-state index contributed by atoms with van der Waals surface area (Å²) in [5, 5.41) is 0. The van der Waals surface area contributed by atoms with E-state index >= 15 is 0 Å². The first-order valence-corrected chi connectivity index (χ1v) is 7.98. The van der Waals surface area contributed by atoms with Crippen LogP contribution in [0.4, 0.5) is 0 Å². The second kappa shape index (κ2) is 8.40. The van der Waals surface area contributed by atoms with E-state index in [1.165, 1.54) is 56.7 Å². The molecule has 1 aromatic carbocycles. The third-order valence-electron chi connectivity index (χ3n) is 4.10. The number of nitrogens with two attached hydrogens (primary N) is 1. The number of benzene rings is 1. The molecule has 1 aliphatic heterocycles. The van der Waals surface area contributed by atoms with Crippen LogP contribution in [0.25, 0.3) is 0 Å². The molecule has 1 aliphatic rings. The Morgan fingerprint density at radius 3 is 2.65 bits per heavy atom. The fourth-order valence-electron chi connectivity index (χ4n) is 2.95. The molecule has 0 spiro atoms. The third-order valence-corrected chi connectivity index (χ3v) is 4.10. The van der Waals surface area contributed by atoms with Crippen molar-refractivity contribution in [1.29, 1.82) is 0 Å². The molecule has 3 nitrogen and oxygen atoms in total. The van der Waals surface area contributed by atoms with Crippen LogP contribution in [0.5, 0.6) is 0 Å². The summed E-state index contributed by atoms with van der Waals surface area (Å²) in [5.41, 5.74) is 8.38. The Balaban J connectivity index is 1.77. The highest BCUT2D eigenvalue weighted by atomic mass is 15.2. The van der Waals surface area contributed by atoms with E-state index in [9.17, 15) is 0 Å². The molecule has 2 N–H and O–H groups in total. The number of hydrogen-bond donors (Lipinski definition) is 1. The molecule has 0 aromatic heterocycles. The van der Waals surface area contributed by atoms with Gasteiger partial charge < -0.3 is 10.6 Å². The first-order valence-electron chi connectivity index (χ1n) is 7.98. The Bertz CT molecular complexity index is 392. The summed E-state index contributed by atoms with van der Waals surface area (Å²) in [6.45, 7) is 10.2. The first-order chi connectivity index (χ1) is 9.78. The van der Waals surface area contributed by atoms with Crippen molar-refractivity contribution in [1.82, 2.24) is 9.80 Å². The van der Waals surface area contributed by atoms with Gasteiger partial charge in [-0.1, -0.05) is 29.8 Å². The molecule has 1 heterocycles. The first kappa shape index (κ1) is 15.5. The van der Waals surface area contributed by atoms with Gasteiger partial charge in [-0.25, -0.2) is 0 Å². The minimum absolute atomic E-state index is 0.827. The lowest BCUT2D eigenvalue weighted by molar-refractivity contribution is 0.249. The molecule has 20 heavy (non-hydrogen) atoms. The van der Waals surface area contributed by atoms with Crippen molar-refractivity contribution in [3.05, 3.63) is 35.4 Å². The molecule has 0 amide bonds. The molecule has 0 unspecified atom stereocenters. The molecule has 3 heteroatoms. The minimum Gasteiger partial charge on any atom is -0.330 e. The molecule has 0 saturated carbocycles. The van der Waals surface area contributed by atoms with Gasteiger partial charge in [-0.3, -0.25) is 4.90 Å². The number of hydrogen-bond acceptors (Lipinski definition) is 3. The molecular weight excluding hydrogens is 246 g/mol. The summed E-state index contributed by atoms with van der Waals surface area (Å²) < 4.78 is 0. The van der Waals surface area contributed by atoms with Crippen LogP contribution in [0.3, 0.4) is 0 Å². The van der Waals surface area contributed by atoms with E-state index in [1.807, 2.05) is 0 Å². The molecule has 2 rings (SSSR count). The van der Waals surface area contributed by atoms with Gasteiger partial charge >= 0.3 is 0 Å². The van der Waals surface area contributed by atoms with Gasteiger partial charge in [0.05, 0.1) is 0 Å². The zero-order chi connectivity index (χ0) is 14.2. The molecular formula is C17H29N3. The lowest BCUT2D eigenvalue weighted by Gasteiger charge is -2.22. The number of unbranched alkanes of at least 4 members (excludes halogenated alkanes) is 1. The molecule has 0 bridgehead atoms. The minimum atomic E-state index is 0.827. The Morgan fingerprint density at radius 2 is 1.85 bits per heavy atom. The van der Waals surface area contributed by atoms with Crippen molar-refractivity contribution in [2.75, 3.05) is 39.3 Å². The van der Waals surface area contributed by atoms with Crippen LogP contribution < -0.4 is 5.73 Å². The fourth-order valence-corrected chi connectivity index (χ4v) is 2.95. The summed E-state index contributed by atoms with van der Waals surface area (Å²) in [7, 11) is 0. The molecule has 1 fully saturated rings. The Hall–Kier alpha value is -0.900. The number of nitrogens with zero attached hydrogens (tertiary/aromatic N) is 2. The van der Waals surface area contributed by atoms with Crippen LogP contribution in [0, 0.1) is 6.92 Å². The largest absolute Gasteiger partial charge is 0.330 e. The van der Waals surface area contributed by atoms with Crippen LogP contribution in [-0.4, -0.2) is 49.1 Å². The van der Waals surface area contributed by atoms with Crippen molar-refractivity contribution < 1.29 is 0 Å². The summed E-state index contributed by atoms with van der Waals surface area (Å²) in [6, 6.07) is 8.90. The quantitative estimate of drug-likeness (QED) is 0.808. The zero-order valence-corrected chi connectivity index (χ0v) is 12.9. The lowest BCUT2D eigenvalue weighted by atomic mass is 10.1. The van der Waals surface area contributed by atoms with Crippen molar-refractivity contribution in [2.45, 2.75) is 32.7 Å². The molecule has 112 valence electrons. The van der Waals surface area contributed by atoms with E-state index in [1.54, 1.807) is 0 Å². The summed E-state index contributed by atoms with van der Waals surface area (Å²) in [6.07, 6.45) is 3.69. The Labute approximate surface area is 123 Å².